The number of benzene rings is 1. The Kier molecular flexibility index (Phi) is 4.65. The van der Waals surface area contributed by atoms with Crippen LogP contribution in [0.4, 0.5) is 13.2 Å². The van der Waals surface area contributed by atoms with Crippen LogP contribution in [0, 0.1) is 11.8 Å². The number of carbonyl (C=O) groups is 1. The Morgan fingerprint density at radius 3 is 2.25 bits per heavy atom. The Hall–Kier alpha value is -0.740. The van der Waals surface area contributed by atoms with Gasteiger partial charge in [0.05, 0.1) is 16.0 Å². The zero-order valence-electron chi connectivity index (χ0n) is 10.5. The van der Waals surface area contributed by atoms with E-state index in [9.17, 15) is 18.0 Å². The van der Waals surface area contributed by atoms with Crippen molar-refractivity contribution >= 4 is 29.0 Å². The zero-order valence-corrected chi connectivity index (χ0v) is 12.0. The number of hydrogen-bond donors (Lipinski definition) is 0. The summed E-state index contributed by atoms with van der Waals surface area (Å²) in [5.74, 6) is -1.90. The van der Waals surface area contributed by atoms with Crippen LogP contribution in [0.2, 0.25) is 10.0 Å². The lowest BCUT2D eigenvalue weighted by atomic mass is 9.78. The third-order valence-electron chi connectivity index (χ3n) is 3.78. The third-order valence-corrected chi connectivity index (χ3v) is 4.60. The standard InChI is InChI=1S/C14H13Cl2F3O/c15-11-3-1-2-10(12(11)16)13(20)8-4-6-9(7-5-8)14(17,18)19/h1-3,8-9H,4-7H2. The molecule has 0 aromatic heterocycles. The molecule has 0 spiro atoms. The second-order valence-corrected chi connectivity index (χ2v) is 5.84. The van der Waals surface area contributed by atoms with E-state index in [2.05, 4.69) is 0 Å². The van der Waals surface area contributed by atoms with E-state index in [4.69, 9.17) is 23.2 Å². The topological polar surface area (TPSA) is 17.1 Å². The van der Waals surface area contributed by atoms with Gasteiger partial charge in [0.25, 0.3) is 0 Å². The van der Waals surface area contributed by atoms with Crippen molar-refractivity contribution in [3.63, 3.8) is 0 Å². The Morgan fingerprint density at radius 1 is 1.10 bits per heavy atom. The van der Waals surface area contributed by atoms with Crippen molar-refractivity contribution in [3.8, 4) is 0 Å². The summed E-state index contributed by atoms with van der Waals surface area (Å²) in [6, 6.07) is 4.75. The lowest BCUT2D eigenvalue weighted by Gasteiger charge is -2.29. The lowest BCUT2D eigenvalue weighted by Crippen LogP contribution is -2.30. The van der Waals surface area contributed by atoms with Gasteiger partial charge in [-0.1, -0.05) is 29.3 Å². The van der Waals surface area contributed by atoms with Crippen LogP contribution < -0.4 is 0 Å². The highest BCUT2D eigenvalue weighted by Gasteiger charge is 2.42. The highest BCUT2D eigenvalue weighted by atomic mass is 35.5. The fraction of sp³-hybridized carbons (Fsp3) is 0.500. The fourth-order valence-electron chi connectivity index (χ4n) is 2.60. The van der Waals surface area contributed by atoms with Crippen LogP contribution in [0.3, 0.4) is 0 Å². The van der Waals surface area contributed by atoms with Crippen LogP contribution in [-0.4, -0.2) is 12.0 Å². The van der Waals surface area contributed by atoms with Crippen LogP contribution in [0.25, 0.3) is 0 Å². The summed E-state index contributed by atoms with van der Waals surface area (Å²) >= 11 is 11.8. The number of alkyl halides is 3. The van der Waals surface area contributed by atoms with Crippen LogP contribution in [0.15, 0.2) is 18.2 Å². The van der Waals surface area contributed by atoms with E-state index >= 15 is 0 Å². The van der Waals surface area contributed by atoms with Gasteiger partial charge in [-0.25, -0.2) is 0 Å². The molecule has 0 heterocycles. The summed E-state index contributed by atoms with van der Waals surface area (Å²) in [5, 5.41) is 0.457. The quantitative estimate of drug-likeness (QED) is 0.652. The van der Waals surface area contributed by atoms with Crippen molar-refractivity contribution in [2.24, 2.45) is 11.8 Å². The maximum atomic E-state index is 12.6. The van der Waals surface area contributed by atoms with E-state index in [-0.39, 0.29) is 41.5 Å². The van der Waals surface area contributed by atoms with E-state index in [1.165, 1.54) is 0 Å². The van der Waals surface area contributed by atoms with Gasteiger partial charge < -0.3 is 0 Å². The van der Waals surface area contributed by atoms with Gasteiger partial charge in [0.2, 0.25) is 0 Å². The number of rotatable bonds is 2. The van der Waals surface area contributed by atoms with Crippen LogP contribution >= 0.6 is 23.2 Å². The Balaban J connectivity index is 2.07. The zero-order chi connectivity index (χ0) is 14.9. The first-order valence-corrected chi connectivity index (χ1v) is 7.11. The van der Waals surface area contributed by atoms with Gasteiger partial charge in [-0.15, -0.1) is 0 Å². The molecule has 1 aromatic rings. The van der Waals surface area contributed by atoms with Gasteiger partial charge in [0, 0.05) is 11.5 Å². The molecule has 110 valence electrons. The molecule has 1 saturated carbocycles. The first-order chi connectivity index (χ1) is 9.30. The molecule has 0 bridgehead atoms. The van der Waals surface area contributed by atoms with Gasteiger partial charge in [-0.05, 0) is 37.8 Å². The minimum Gasteiger partial charge on any atom is -0.294 e. The molecule has 1 aromatic carbocycles. The molecule has 0 amide bonds. The van der Waals surface area contributed by atoms with E-state index in [1.807, 2.05) is 0 Å². The second kappa shape index (κ2) is 5.94. The fourth-order valence-corrected chi connectivity index (χ4v) is 2.99. The van der Waals surface area contributed by atoms with Gasteiger partial charge in [-0.2, -0.15) is 13.2 Å². The van der Waals surface area contributed by atoms with Gasteiger partial charge in [0.15, 0.2) is 5.78 Å². The Labute approximate surface area is 125 Å². The van der Waals surface area contributed by atoms with Crippen LogP contribution in [0.5, 0.6) is 0 Å². The molecule has 0 aliphatic heterocycles. The molecule has 0 atom stereocenters. The van der Waals surface area contributed by atoms with E-state index < -0.39 is 18.0 Å². The molecule has 1 fully saturated rings. The third kappa shape index (κ3) is 3.29. The first-order valence-electron chi connectivity index (χ1n) is 6.35. The number of halogens is 5. The van der Waals surface area contributed by atoms with Crippen molar-refractivity contribution in [3.05, 3.63) is 33.8 Å². The highest BCUT2D eigenvalue weighted by Crippen LogP contribution is 2.41. The number of Topliss-reactive ketones (excluding diaryl/α,β-unsaturated/α-hetero) is 1. The van der Waals surface area contributed by atoms with Crippen molar-refractivity contribution in [2.75, 3.05) is 0 Å². The molecule has 2 rings (SSSR count). The SMILES string of the molecule is O=C(c1cccc(Cl)c1Cl)C1CCC(C(F)(F)F)CC1. The number of hydrogen-bond acceptors (Lipinski definition) is 1. The van der Waals surface area contributed by atoms with E-state index in [0.717, 1.165) is 0 Å². The average molecular weight is 325 g/mol. The minimum absolute atomic E-state index is 0.00189. The normalized spacial score (nSPS) is 23.6. The Morgan fingerprint density at radius 2 is 1.70 bits per heavy atom. The smallest absolute Gasteiger partial charge is 0.294 e. The van der Waals surface area contributed by atoms with Gasteiger partial charge in [0.1, 0.15) is 0 Å². The molecule has 0 radical (unpaired) electrons. The van der Waals surface area contributed by atoms with Crippen molar-refractivity contribution < 1.29 is 18.0 Å². The van der Waals surface area contributed by atoms with E-state index in [0.29, 0.717) is 5.56 Å². The monoisotopic (exact) mass is 324 g/mol. The molecule has 1 aliphatic rings. The predicted molar refractivity (Wildman–Crippen MR) is 72.3 cm³/mol. The Bertz CT molecular complexity index is 506. The largest absolute Gasteiger partial charge is 0.391 e. The average Bonchev–Trinajstić information content (AvgIpc) is 2.40. The number of ketones is 1. The van der Waals surface area contributed by atoms with Crippen molar-refractivity contribution in [2.45, 2.75) is 31.9 Å². The number of carbonyl (C=O) groups excluding carboxylic acids is 1. The van der Waals surface area contributed by atoms with Crippen LogP contribution in [-0.2, 0) is 0 Å². The molecule has 6 heteroatoms. The first kappa shape index (κ1) is 15.6. The summed E-state index contributed by atoms with van der Waals surface area (Å²) in [6.07, 6.45) is -3.68. The molecule has 1 aliphatic carbocycles. The van der Waals surface area contributed by atoms with Gasteiger partial charge >= 0.3 is 6.18 Å². The maximum Gasteiger partial charge on any atom is 0.391 e. The molecule has 0 N–H and O–H groups in total. The van der Waals surface area contributed by atoms with E-state index in [1.54, 1.807) is 18.2 Å². The predicted octanol–water partition coefficient (Wildman–Crippen LogP) is 5.54. The summed E-state index contributed by atoms with van der Waals surface area (Å²) in [6.45, 7) is 0. The molecular formula is C14H13Cl2F3O. The molecule has 1 nitrogen and oxygen atoms in total. The minimum atomic E-state index is -4.16. The van der Waals surface area contributed by atoms with Gasteiger partial charge in [-0.3, -0.25) is 4.79 Å². The summed E-state index contributed by atoms with van der Waals surface area (Å²) < 4.78 is 37.8. The maximum absolute atomic E-state index is 12.6. The summed E-state index contributed by atoms with van der Waals surface area (Å²) in [4.78, 5) is 12.3. The molecule has 20 heavy (non-hydrogen) atoms. The second-order valence-electron chi connectivity index (χ2n) is 5.06. The molecule has 0 unspecified atom stereocenters. The summed E-state index contributed by atoms with van der Waals surface area (Å²) in [5.41, 5.74) is 0.301. The summed E-state index contributed by atoms with van der Waals surface area (Å²) in [7, 11) is 0. The van der Waals surface area contributed by atoms with Crippen molar-refractivity contribution in [1.82, 2.24) is 0 Å². The highest BCUT2D eigenvalue weighted by molar-refractivity contribution is 6.43. The molecule has 0 saturated heterocycles. The van der Waals surface area contributed by atoms with Crippen molar-refractivity contribution in [1.29, 1.82) is 0 Å². The molecular weight excluding hydrogens is 312 g/mol. The van der Waals surface area contributed by atoms with Crippen LogP contribution in [0.1, 0.15) is 36.0 Å². The lowest BCUT2D eigenvalue weighted by molar-refractivity contribution is -0.183.